The summed E-state index contributed by atoms with van der Waals surface area (Å²) in [4.78, 5) is 15.8. The van der Waals surface area contributed by atoms with E-state index in [0.29, 0.717) is 24.5 Å². The van der Waals surface area contributed by atoms with Gasteiger partial charge in [-0.3, -0.25) is 0 Å². The Bertz CT molecular complexity index is 665. The first-order chi connectivity index (χ1) is 10.3. The first kappa shape index (κ1) is 16.4. The zero-order valence-electron chi connectivity index (χ0n) is 12.7. The van der Waals surface area contributed by atoms with Gasteiger partial charge in [0.1, 0.15) is 16.4 Å². The highest BCUT2D eigenvalue weighted by Crippen LogP contribution is 2.32. The van der Waals surface area contributed by atoms with Crippen LogP contribution >= 0.6 is 11.3 Å². The fourth-order valence-electron chi connectivity index (χ4n) is 1.95. The molecule has 0 fully saturated rings. The molecule has 0 saturated carbocycles. The summed E-state index contributed by atoms with van der Waals surface area (Å²) in [5, 5.41) is 9.89. The number of rotatable bonds is 6. The lowest BCUT2D eigenvalue weighted by atomic mass is 9.90. The maximum Gasteiger partial charge on any atom is 0.347 e. The summed E-state index contributed by atoms with van der Waals surface area (Å²) in [7, 11) is 0. The van der Waals surface area contributed by atoms with Crippen molar-refractivity contribution in [1.82, 2.24) is 4.98 Å². The standard InChI is InChI=1S/C16H18FNO3S/c1-10-13(14(19)20)22-15(18-10)16(2,3)8-9-21-12-6-4-11(17)5-7-12/h4-7H,8-9H2,1-3H3,(H,19,20). The van der Waals surface area contributed by atoms with Crippen LogP contribution in [0.3, 0.4) is 0 Å². The largest absolute Gasteiger partial charge is 0.494 e. The second-order valence-electron chi connectivity index (χ2n) is 5.67. The highest BCUT2D eigenvalue weighted by molar-refractivity contribution is 7.13. The fraction of sp³-hybridized carbons (Fsp3) is 0.375. The second kappa shape index (κ2) is 6.44. The van der Waals surface area contributed by atoms with E-state index in [1.807, 2.05) is 13.8 Å². The Morgan fingerprint density at radius 2 is 2.00 bits per heavy atom. The number of aryl methyl sites for hydroxylation is 1. The van der Waals surface area contributed by atoms with Crippen molar-refractivity contribution < 1.29 is 19.0 Å². The van der Waals surface area contributed by atoms with Crippen molar-refractivity contribution in [2.75, 3.05) is 6.61 Å². The molecule has 1 heterocycles. The van der Waals surface area contributed by atoms with Crippen LogP contribution in [-0.2, 0) is 5.41 Å². The third kappa shape index (κ3) is 3.82. The number of aromatic carboxylic acids is 1. The highest BCUT2D eigenvalue weighted by Gasteiger charge is 2.27. The summed E-state index contributed by atoms with van der Waals surface area (Å²) >= 11 is 1.21. The van der Waals surface area contributed by atoms with Crippen molar-refractivity contribution in [3.05, 3.63) is 45.7 Å². The number of carbonyl (C=O) groups is 1. The van der Waals surface area contributed by atoms with Crippen LogP contribution in [0.15, 0.2) is 24.3 Å². The van der Waals surface area contributed by atoms with E-state index in [9.17, 15) is 9.18 Å². The van der Waals surface area contributed by atoms with Gasteiger partial charge < -0.3 is 9.84 Å². The molecule has 1 aromatic heterocycles. The van der Waals surface area contributed by atoms with Crippen LogP contribution in [0.25, 0.3) is 0 Å². The number of carboxylic acids is 1. The number of ether oxygens (including phenoxy) is 1. The van der Waals surface area contributed by atoms with E-state index in [1.54, 1.807) is 19.1 Å². The Hall–Kier alpha value is -1.95. The van der Waals surface area contributed by atoms with Crippen molar-refractivity contribution >= 4 is 17.3 Å². The summed E-state index contributed by atoms with van der Waals surface area (Å²) < 4.78 is 18.4. The average Bonchev–Trinajstić information content (AvgIpc) is 2.84. The summed E-state index contributed by atoms with van der Waals surface area (Å²) in [6, 6.07) is 5.87. The molecule has 118 valence electrons. The van der Waals surface area contributed by atoms with Gasteiger partial charge in [-0.05, 0) is 37.6 Å². The lowest BCUT2D eigenvalue weighted by Crippen LogP contribution is -2.20. The summed E-state index contributed by atoms with van der Waals surface area (Å²) in [6.45, 7) is 6.16. The number of nitrogens with zero attached hydrogens (tertiary/aromatic N) is 1. The number of thiazole rings is 1. The zero-order chi connectivity index (χ0) is 16.3. The molecule has 0 aliphatic heterocycles. The van der Waals surface area contributed by atoms with Gasteiger partial charge in [0.25, 0.3) is 0 Å². The van der Waals surface area contributed by atoms with Crippen LogP contribution in [0.4, 0.5) is 4.39 Å². The quantitative estimate of drug-likeness (QED) is 0.872. The van der Waals surface area contributed by atoms with Gasteiger partial charge in [-0.2, -0.15) is 0 Å². The van der Waals surface area contributed by atoms with Crippen LogP contribution in [0.1, 0.15) is 40.6 Å². The predicted octanol–water partition coefficient (Wildman–Crippen LogP) is 4.04. The fourth-order valence-corrected chi connectivity index (χ4v) is 2.98. The molecule has 0 aliphatic carbocycles. The topological polar surface area (TPSA) is 59.4 Å². The van der Waals surface area contributed by atoms with Crippen molar-refractivity contribution in [1.29, 1.82) is 0 Å². The molecule has 1 aromatic carbocycles. The van der Waals surface area contributed by atoms with E-state index in [2.05, 4.69) is 4.98 Å². The molecular weight excluding hydrogens is 305 g/mol. The monoisotopic (exact) mass is 323 g/mol. The van der Waals surface area contributed by atoms with Gasteiger partial charge in [0, 0.05) is 5.41 Å². The number of carboxylic acid groups (broad SMARTS) is 1. The molecule has 0 saturated heterocycles. The Morgan fingerprint density at radius 3 is 2.55 bits per heavy atom. The summed E-state index contributed by atoms with van der Waals surface area (Å²) in [6.07, 6.45) is 0.677. The first-order valence-corrected chi connectivity index (χ1v) is 7.71. The van der Waals surface area contributed by atoms with Crippen molar-refractivity contribution in [2.45, 2.75) is 32.6 Å². The van der Waals surface area contributed by atoms with Crippen LogP contribution in [0, 0.1) is 12.7 Å². The van der Waals surface area contributed by atoms with E-state index >= 15 is 0 Å². The predicted molar refractivity (Wildman–Crippen MR) is 83.3 cm³/mol. The van der Waals surface area contributed by atoms with Gasteiger partial charge in [0.2, 0.25) is 0 Å². The van der Waals surface area contributed by atoms with Gasteiger partial charge >= 0.3 is 5.97 Å². The molecule has 0 bridgehead atoms. The number of hydrogen-bond donors (Lipinski definition) is 1. The molecule has 0 radical (unpaired) electrons. The van der Waals surface area contributed by atoms with Gasteiger partial charge in [-0.15, -0.1) is 11.3 Å². The first-order valence-electron chi connectivity index (χ1n) is 6.89. The van der Waals surface area contributed by atoms with Crippen LogP contribution in [-0.4, -0.2) is 22.7 Å². The van der Waals surface area contributed by atoms with Gasteiger partial charge in [0.15, 0.2) is 0 Å². The summed E-state index contributed by atoms with van der Waals surface area (Å²) in [5.74, 6) is -0.634. The minimum atomic E-state index is -0.945. The third-order valence-corrected chi connectivity index (χ3v) is 4.89. The SMILES string of the molecule is Cc1nc(C(C)(C)CCOc2ccc(F)cc2)sc1C(=O)O. The average molecular weight is 323 g/mol. The molecule has 4 nitrogen and oxygen atoms in total. The van der Waals surface area contributed by atoms with Crippen LogP contribution in [0.5, 0.6) is 5.75 Å². The minimum Gasteiger partial charge on any atom is -0.494 e. The normalized spacial score (nSPS) is 11.5. The minimum absolute atomic E-state index is 0.280. The molecule has 6 heteroatoms. The van der Waals surface area contributed by atoms with E-state index in [-0.39, 0.29) is 16.1 Å². The van der Waals surface area contributed by atoms with E-state index in [0.717, 1.165) is 5.01 Å². The summed E-state index contributed by atoms with van der Waals surface area (Å²) in [5.41, 5.74) is 0.253. The Balaban J connectivity index is 2.00. The molecule has 2 aromatic rings. The Kier molecular flexibility index (Phi) is 4.81. The van der Waals surface area contributed by atoms with Gasteiger partial charge in [-0.25, -0.2) is 14.2 Å². The lowest BCUT2D eigenvalue weighted by Gasteiger charge is -2.21. The Morgan fingerprint density at radius 1 is 1.36 bits per heavy atom. The molecule has 0 aliphatic rings. The van der Waals surface area contributed by atoms with Crippen molar-refractivity contribution in [2.24, 2.45) is 0 Å². The molecular formula is C16H18FNO3S. The number of benzene rings is 1. The van der Waals surface area contributed by atoms with Gasteiger partial charge in [-0.1, -0.05) is 13.8 Å². The Labute approximate surface area is 132 Å². The maximum absolute atomic E-state index is 12.8. The molecule has 0 spiro atoms. The third-order valence-electron chi connectivity index (χ3n) is 3.38. The maximum atomic E-state index is 12.8. The lowest BCUT2D eigenvalue weighted by molar-refractivity contribution is 0.0701. The zero-order valence-corrected chi connectivity index (χ0v) is 13.5. The second-order valence-corrected chi connectivity index (χ2v) is 6.67. The molecule has 0 amide bonds. The molecule has 0 atom stereocenters. The number of aromatic nitrogens is 1. The molecule has 2 rings (SSSR count). The molecule has 22 heavy (non-hydrogen) atoms. The molecule has 0 unspecified atom stereocenters. The highest BCUT2D eigenvalue weighted by atomic mass is 32.1. The molecule has 1 N–H and O–H groups in total. The number of hydrogen-bond acceptors (Lipinski definition) is 4. The van der Waals surface area contributed by atoms with Gasteiger partial charge in [0.05, 0.1) is 17.3 Å². The van der Waals surface area contributed by atoms with Crippen molar-refractivity contribution in [3.63, 3.8) is 0 Å². The van der Waals surface area contributed by atoms with E-state index in [4.69, 9.17) is 9.84 Å². The van der Waals surface area contributed by atoms with E-state index in [1.165, 1.54) is 23.5 Å². The number of halogens is 1. The van der Waals surface area contributed by atoms with Crippen molar-refractivity contribution in [3.8, 4) is 5.75 Å². The van der Waals surface area contributed by atoms with Crippen LogP contribution < -0.4 is 4.74 Å². The van der Waals surface area contributed by atoms with Crippen LogP contribution in [0.2, 0.25) is 0 Å². The van der Waals surface area contributed by atoms with E-state index < -0.39 is 5.97 Å². The smallest absolute Gasteiger partial charge is 0.347 e.